The highest BCUT2D eigenvalue weighted by molar-refractivity contribution is 7.13. The average Bonchev–Trinajstić information content (AvgIpc) is 3.20. The van der Waals surface area contributed by atoms with Crippen molar-refractivity contribution < 1.29 is 14.3 Å². The van der Waals surface area contributed by atoms with Gasteiger partial charge in [0.2, 0.25) is 5.96 Å². The van der Waals surface area contributed by atoms with Gasteiger partial charge in [-0.05, 0) is 23.6 Å². The van der Waals surface area contributed by atoms with Crippen molar-refractivity contribution in [3.63, 3.8) is 0 Å². The lowest BCUT2D eigenvalue weighted by molar-refractivity contribution is 0.102. The Morgan fingerprint density at radius 3 is 2.54 bits per heavy atom. The Morgan fingerprint density at radius 2 is 1.91 bits per heavy atom. The van der Waals surface area contributed by atoms with Crippen molar-refractivity contribution in [2.24, 2.45) is 16.6 Å². The molecule has 2 aromatic heterocycles. The number of hydrogen-bond donors (Lipinski definition) is 4. The van der Waals surface area contributed by atoms with Crippen molar-refractivity contribution in [2.45, 2.75) is 6.54 Å². The summed E-state index contributed by atoms with van der Waals surface area (Å²) in [5, 5.41) is 9.04. The Bertz CT molecular complexity index is 1280. The number of ether oxygens (including phenoxy) is 1. The van der Waals surface area contributed by atoms with Crippen LogP contribution in [0.5, 0.6) is 5.75 Å². The highest BCUT2D eigenvalue weighted by Crippen LogP contribution is 2.35. The fourth-order valence-corrected chi connectivity index (χ4v) is 4.45. The highest BCUT2D eigenvalue weighted by Gasteiger charge is 2.24. The third-order valence-electron chi connectivity index (χ3n) is 4.61. The second-order valence-corrected chi connectivity index (χ2v) is 9.04. The summed E-state index contributed by atoms with van der Waals surface area (Å²) in [5.41, 5.74) is 6.42. The lowest BCUT2D eigenvalue weighted by Crippen LogP contribution is -2.41. The summed E-state index contributed by atoms with van der Waals surface area (Å²) >= 11 is 19.6. The fraction of sp³-hybridized carbons (Fsp3) is 0.143. The standard InChI is InChI=1S/C21H20Cl3N7O3S/c1-27-21(25)31(26)8-10-9-35-18(16(10)24)20(33)30-17-13(5-12(23)6-14(17)34-2)19(32)29-15-4-3-11(22)7-28-15/h3-7,9H,8,26H2,1-2H3,(H2,25,27)(H,30,33)(H,28,29,32). The molecule has 3 rings (SSSR count). The Kier molecular flexibility index (Phi) is 8.76. The number of aliphatic imine (C=N–C) groups is 1. The molecule has 3 aromatic rings. The van der Waals surface area contributed by atoms with Gasteiger partial charge in [0.25, 0.3) is 11.8 Å². The molecule has 6 N–H and O–H groups in total. The Labute approximate surface area is 219 Å². The largest absolute Gasteiger partial charge is 0.494 e. The number of carbonyl (C=O) groups is 2. The minimum atomic E-state index is -0.581. The quantitative estimate of drug-likeness (QED) is 0.147. The van der Waals surface area contributed by atoms with E-state index in [0.717, 1.165) is 11.3 Å². The summed E-state index contributed by atoms with van der Waals surface area (Å²) in [7, 11) is 2.88. The molecule has 14 heteroatoms. The Balaban J connectivity index is 1.90. The summed E-state index contributed by atoms with van der Waals surface area (Å²) in [4.78, 5) is 34.2. The number of methoxy groups -OCH3 is 1. The summed E-state index contributed by atoms with van der Waals surface area (Å²) in [6, 6.07) is 5.97. The van der Waals surface area contributed by atoms with E-state index in [-0.39, 0.29) is 50.2 Å². The first-order chi connectivity index (χ1) is 16.6. The van der Waals surface area contributed by atoms with Gasteiger partial charge in [-0.3, -0.25) is 19.6 Å². The molecule has 0 unspecified atom stereocenters. The van der Waals surface area contributed by atoms with Crippen molar-refractivity contribution in [1.82, 2.24) is 9.99 Å². The molecule has 35 heavy (non-hydrogen) atoms. The molecule has 0 spiro atoms. The van der Waals surface area contributed by atoms with E-state index in [9.17, 15) is 9.59 Å². The molecule has 10 nitrogen and oxygen atoms in total. The van der Waals surface area contributed by atoms with Crippen LogP contribution in [0, 0.1) is 0 Å². The van der Waals surface area contributed by atoms with E-state index in [2.05, 4.69) is 20.6 Å². The van der Waals surface area contributed by atoms with Crippen molar-refractivity contribution in [3.8, 4) is 5.75 Å². The second-order valence-electron chi connectivity index (χ2n) is 6.91. The lowest BCUT2D eigenvalue weighted by Gasteiger charge is -2.17. The molecule has 2 heterocycles. The number of carbonyl (C=O) groups excluding carboxylic acids is 2. The predicted molar refractivity (Wildman–Crippen MR) is 140 cm³/mol. The predicted octanol–water partition coefficient (Wildman–Crippen LogP) is 4.24. The van der Waals surface area contributed by atoms with Gasteiger partial charge in [0, 0.05) is 29.9 Å². The number of benzene rings is 1. The highest BCUT2D eigenvalue weighted by atomic mass is 35.5. The molecule has 0 bridgehead atoms. The summed E-state index contributed by atoms with van der Waals surface area (Å²) in [6.45, 7) is 0.137. The third-order valence-corrected chi connectivity index (χ3v) is 6.62. The molecule has 0 aliphatic carbocycles. The van der Waals surface area contributed by atoms with E-state index < -0.39 is 11.8 Å². The molecule has 0 atom stereocenters. The molecule has 0 fully saturated rings. The van der Waals surface area contributed by atoms with Gasteiger partial charge in [-0.2, -0.15) is 0 Å². The summed E-state index contributed by atoms with van der Waals surface area (Å²) in [5.74, 6) is 5.24. The van der Waals surface area contributed by atoms with Gasteiger partial charge in [-0.25, -0.2) is 10.8 Å². The SMILES string of the molecule is CN=C(N)N(N)Cc1csc(C(=O)Nc2c(OC)cc(Cl)cc2C(=O)Nc2ccc(Cl)cn2)c1Cl. The smallest absolute Gasteiger partial charge is 0.267 e. The molecule has 0 saturated carbocycles. The van der Waals surface area contributed by atoms with E-state index in [1.807, 2.05) is 0 Å². The van der Waals surface area contributed by atoms with Gasteiger partial charge < -0.3 is 21.1 Å². The van der Waals surface area contributed by atoms with Crippen LogP contribution in [0.15, 0.2) is 40.8 Å². The maximum absolute atomic E-state index is 13.1. The van der Waals surface area contributed by atoms with Crippen LogP contribution < -0.4 is 26.9 Å². The second kappa shape index (κ2) is 11.6. The van der Waals surface area contributed by atoms with Gasteiger partial charge in [-0.1, -0.05) is 34.8 Å². The third kappa shape index (κ3) is 6.32. The minimum absolute atomic E-state index is 0.0485. The van der Waals surface area contributed by atoms with Crippen LogP contribution in [0.3, 0.4) is 0 Å². The van der Waals surface area contributed by atoms with Crippen molar-refractivity contribution in [3.05, 3.63) is 66.9 Å². The Hall–Kier alpha value is -3.09. The molecular formula is C21H20Cl3N7O3S. The van der Waals surface area contributed by atoms with E-state index in [0.29, 0.717) is 10.6 Å². The van der Waals surface area contributed by atoms with E-state index in [1.165, 1.54) is 43.6 Å². The summed E-state index contributed by atoms with van der Waals surface area (Å²) < 4.78 is 5.35. The van der Waals surface area contributed by atoms with Crippen LogP contribution in [0.25, 0.3) is 0 Å². The first kappa shape index (κ1) is 26.5. The van der Waals surface area contributed by atoms with Crippen LogP contribution in [0.2, 0.25) is 15.1 Å². The van der Waals surface area contributed by atoms with E-state index in [1.54, 1.807) is 11.4 Å². The Morgan fingerprint density at radius 1 is 1.17 bits per heavy atom. The maximum atomic E-state index is 13.1. The van der Waals surface area contributed by atoms with Gasteiger partial charge in [-0.15, -0.1) is 11.3 Å². The molecule has 0 radical (unpaired) electrons. The molecule has 1 aromatic carbocycles. The van der Waals surface area contributed by atoms with Crippen LogP contribution in [0.1, 0.15) is 25.6 Å². The normalized spacial score (nSPS) is 11.2. The number of hydrogen-bond acceptors (Lipinski definition) is 7. The minimum Gasteiger partial charge on any atom is -0.494 e. The van der Waals surface area contributed by atoms with Crippen LogP contribution in [0.4, 0.5) is 11.5 Å². The molecule has 2 amide bonds. The number of pyridine rings is 1. The van der Waals surface area contributed by atoms with Crippen LogP contribution in [-0.2, 0) is 6.54 Å². The van der Waals surface area contributed by atoms with Crippen LogP contribution >= 0.6 is 46.1 Å². The zero-order valence-electron chi connectivity index (χ0n) is 18.4. The van der Waals surface area contributed by atoms with Crippen LogP contribution in [-0.4, -0.2) is 41.9 Å². The maximum Gasteiger partial charge on any atom is 0.267 e. The van der Waals surface area contributed by atoms with E-state index in [4.69, 9.17) is 51.1 Å². The molecule has 0 aliphatic heterocycles. The number of nitrogens with two attached hydrogens (primary N) is 2. The zero-order chi connectivity index (χ0) is 25.7. The lowest BCUT2D eigenvalue weighted by atomic mass is 10.1. The number of halogens is 3. The number of guanidine groups is 1. The molecule has 0 saturated heterocycles. The number of thiophene rings is 1. The number of nitrogens with one attached hydrogen (secondary N) is 2. The zero-order valence-corrected chi connectivity index (χ0v) is 21.5. The monoisotopic (exact) mass is 555 g/mol. The topological polar surface area (TPSA) is 148 Å². The average molecular weight is 557 g/mol. The van der Waals surface area contributed by atoms with Crippen molar-refractivity contribution in [2.75, 3.05) is 24.8 Å². The van der Waals surface area contributed by atoms with Gasteiger partial charge >= 0.3 is 0 Å². The molecular weight excluding hydrogens is 537 g/mol. The number of aromatic nitrogens is 1. The first-order valence-corrected chi connectivity index (χ1v) is 11.8. The number of amides is 2. The summed E-state index contributed by atoms with van der Waals surface area (Å²) in [6.07, 6.45) is 1.39. The van der Waals surface area contributed by atoms with Gasteiger partial charge in [0.05, 0.1) is 35.0 Å². The number of nitrogens with zero attached hydrogens (tertiary/aromatic N) is 3. The van der Waals surface area contributed by atoms with Crippen molar-refractivity contribution >= 4 is 75.4 Å². The number of anilines is 2. The number of rotatable bonds is 7. The van der Waals surface area contributed by atoms with Gasteiger partial charge in [0.15, 0.2) is 0 Å². The van der Waals surface area contributed by atoms with E-state index >= 15 is 0 Å². The number of hydrazine groups is 1. The fourth-order valence-electron chi connectivity index (χ4n) is 2.89. The van der Waals surface area contributed by atoms with Gasteiger partial charge in [0.1, 0.15) is 16.4 Å². The molecule has 184 valence electrons. The molecule has 0 aliphatic rings. The first-order valence-electron chi connectivity index (χ1n) is 9.76. The van der Waals surface area contributed by atoms with Crippen molar-refractivity contribution in [1.29, 1.82) is 0 Å².